The van der Waals surface area contributed by atoms with Gasteiger partial charge in [0.2, 0.25) is 0 Å². The smallest absolute Gasteiger partial charge is 0.261 e. The van der Waals surface area contributed by atoms with Gasteiger partial charge in [0, 0.05) is 13.2 Å². The summed E-state index contributed by atoms with van der Waals surface area (Å²) in [6.07, 6.45) is 1.55. The fourth-order valence-corrected chi connectivity index (χ4v) is 3.17. The Balaban J connectivity index is 1.86. The van der Waals surface area contributed by atoms with Crippen LogP contribution in [0.15, 0.2) is 41.8 Å². The van der Waals surface area contributed by atoms with Crippen LogP contribution in [-0.4, -0.2) is 24.2 Å². The van der Waals surface area contributed by atoms with Gasteiger partial charge in [-0.05, 0) is 48.3 Å². The van der Waals surface area contributed by atoms with Gasteiger partial charge in [-0.25, -0.2) is 0 Å². The molecular weight excluding hydrogens is 282 g/mol. The third kappa shape index (κ3) is 4.69. The number of benzene rings is 1. The molecule has 0 fully saturated rings. The van der Waals surface area contributed by atoms with Crippen molar-refractivity contribution in [2.75, 3.05) is 13.2 Å². The van der Waals surface area contributed by atoms with Crippen molar-refractivity contribution in [2.24, 2.45) is 0 Å². The van der Waals surface area contributed by atoms with E-state index in [1.807, 2.05) is 36.6 Å². The Hall–Kier alpha value is -1.65. The summed E-state index contributed by atoms with van der Waals surface area (Å²) in [5.74, 6) is 0.269. The van der Waals surface area contributed by atoms with E-state index >= 15 is 0 Å². The lowest BCUT2D eigenvalue weighted by Crippen LogP contribution is -2.25. The van der Waals surface area contributed by atoms with E-state index in [2.05, 4.69) is 17.4 Å². The first kappa shape index (κ1) is 15.7. The molecule has 0 aliphatic carbocycles. The minimum absolute atomic E-state index is 0.0103. The lowest BCUT2D eigenvalue weighted by atomic mass is 9.93. The van der Waals surface area contributed by atoms with Gasteiger partial charge >= 0.3 is 0 Å². The molecule has 0 radical (unpaired) electrons. The van der Waals surface area contributed by atoms with Gasteiger partial charge < -0.3 is 10.4 Å². The Kier molecular flexibility index (Phi) is 5.96. The van der Waals surface area contributed by atoms with Crippen LogP contribution >= 0.6 is 11.3 Å². The molecule has 0 saturated carbocycles. The molecule has 21 heavy (non-hydrogen) atoms. The second kappa shape index (κ2) is 7.96. The number of thiophene rings is 1. The minimum atomic E-state index is -0.0103. The number of amides is 1. The zero-order valence-corrected chi connectivity index (χ0v) is 13.0. The lowest BCUT2D eigenvalue weighted by molar-refractivity contribution is 0.0956. The summed E-state index contributed by atoms with van der Waals surface area (Å²) < 4.78 is 0. The Labute approximate surface area is 129 Å². The number of hydrogen-bond donors (Lipinski definition) is 2. The average Bonchev–Trinajstić information content (AvgIpc) is 2.94. The molecule has 0 spiro atoms. The third-order valence-corrected chi connectivity index (χ3v) is 4.53. The van der Waals surface area contributed by atoms with Gasteiger partial charge in [0.25, 0.3) is 5.91 Å². The fourth-order valence-electron chi connectivity index (χ4n) is 2.36. The quantitative estimate of drug-likeness (QED) is 0.824. The number of carbonyl (C=O) groups excluding carboxylic acids is 1. The number of aliphatic hydroxyl groups excluding tert-OH is 1. The number of nitrogens with one attached hydrogen (secondary N) is 1. The minimum Gasteiger partial charge on any atom is -0.396 e. The molecule has 0 aliphatic heterocycles. The van der Waals surface area contributed by atoms with Crippen LogP contribution < -0.4 is 5.32 Å². The highest BCUT2D eigenvalue weighted by molar-refractivity contribution is 7.12. The molecule has 112 valence electrons. The van der Waals surface area contributed by atoms with Crippen LogP contribution in [0.25, 0.3) is 0 Å². The van der Waals surface area contributed by atoms with Crippen LogP contribution in [0.1, 0.15) is 39.6 Å². The first-order valence-electron chi connectivity index (χ1n) is 7.20. The molecule has 0 bridgehead atoms. The standard InChI is InChI=1S/C17H21NO2S/c1-13-11-16(21-12-13)17(20)18-9-7-15(8-10-19)14-5-3-2-4-6-14/h2-6,11-12,15,19H,7-10H2,1H3,(H,18,20)/t15-/m0/s1. The van der Waals surface area contributed by atoms with E-state index in [0.29, 0.717) is 6.54 Å². The van der Waals surface area contributed by atoms with Crippen LogP contribution in [0.4, 0.5) is 0 Å². The van der Waals surface area contributed by atoms with Gasteiger partial charge in [0.15, 0.2) is 0 Å². The number of carbonyl (C=O) groups is 1. The molecule has 2 aromatic rings. The Morgan fingerprint density at radius 3 is 2.67 bits per heavy atom. The zero-order chi connectivity index (χ0) is 15.1. The maximum absolute atomic E-state index is 12.0. The molecule has 3 nitrogen and oxygen atoms in total. The number of rotatable bonds is 7. The molecule has 1 aromatic heterocycles. The predicted octanol–water partition coefficient (Wildman–Crippen LogP) is 3.34. The summed E-state index contributed by atoms with van der Waals surface area (Å²) in [4.78, 5) is 12.7. The van der Waals surface area contributed by atoms with E-state index < -0.39 is 0 Å². The maximum Gasteiger partial charge on any atom is 0.261 e. The third-order valence-electron chi connectivity index (χ3n) is 3.48. The van der Waals surface area contributed by atoms with Crippen molar-refractivity contribution >= 4 is 17.2 Å². The number of aliphatic hydroxyl groups is 1. The second-order valence-corrected chi connectivity index (χ2v) is 6.06. The van der Waals surface area contributed by atoms with Crippen molar-refractivity contribution in [3.8, 4) is 0 Å². The summed E-state index contributed by atoms with van der Waals surface area (Å²) in [7, 11) is 0. The van der Waals surface area contributed by atoms with Gasteiger partial charge in [-0.2, -0.15) is 0 Å². The maximum atomic E-state index is 12.0. The molecule has 1 amide bonds. The van der Waals surface area contributed by atoms with Gasteiger partial charge in [-0.15, -0.1) is 11.3 Å². The van der Waals surface area contributed by atoms with Crippen molar-refractivity contribution in [1.29, 1.82) is 0 Å². The topological polar surface area (TPSA) is 49.3 Å². The normalized spacial score (nSPS) is 12.1. The summed E-state index contributed by atoms with van der Waals surface area (Å²) in [5.41, 5.74) is 2.33. The summed E-state index contributed by atoms with van der Waals surface area (Å²) >= 11 is 1.47. The Morgan fingerprint density at radius 1 is 1.29 bits per heavy atom. The molecule has 4 heteroatoms. The molecule has 2 rings (SSSR count). The van der Waals surface area contributed by atoms with Crippen LogP contribution in [0.2, 0.25) is 0 Å². The molecule has 1 aromatic carbocycles. The van der Waals surface area contributed by atoms with E-state index in [1.165, 1.54) is 16.9 Å². The molecule has 0 unspecified atom stereocenters. The molecule has 1 heterocycles. The van der Waals surface area contributed by atoms with E-state index in [1.54, 1.807) is 0 Å². The largest absolute Gasteiger partial charge is 0.396 e. The van der Waals surface area contributed by atoms with E-state index in [9.17, 15) is 9.90 Å². The zero-order valence-electron chi connectivity index (χ0n) is 12.2. The number of aryl methyl sites for hydroxylation is 1. The van der Waals surface area contributed by atoms with Crippen molar-refractivity contribution in [3.63, 3.8) is 0 Å². The Morgan fingerprint density at radius 2 is 2.05 bits per heavy atom. The van der Waals surface area contributed by atoms with Gasteiger partial charge in [-0.1, -0.05) is 30.3 Å². The highest BCUT2D eigenvalue weighted by atomic mass is 32.1. The Bertz CT molecular complexity index is 565. The van der Waals surface area contributed by atoms with Crippen LogP contribution in [0.3, 0.4) is 0 Å². The predicted molar refractivity (Wildman–Crippen MR) is 86.9 cm³/mol. The van der Waals surface area contributed by atoms with Crippen LogP contribution in [0, 0.1) is 6.92 Å². The van der Waals surface area contributed by atoms with E-state index in [0.717, 1.165) is 23.3 Å². The van der Waals surface area contributed by atoms with Crippen molar-refractivity contribution < 1.29 is 9.90 Å². The number of hydrogen-bond acceptors (Lipinski definition) is 3. The van der Waals surface area contributed by atoms with Gasteiger partial charge in [-0.3, -0.25) is 4.79 Å². The molecule has 2 N–H and O–H groups in total. The van der Waals surface area contributed by atoms with Crippen LogP contribution in [-0.2, 0) is 0 Å². The summed E-state index contributed by atoms with van der Waals surface area (Å²) in [5, 5.41) is 14.1. The molecule has 1 atom stereocenters. The molecule has 0 saturated heterocycles. The lowest BCUT2D eigenvalue weighted by Gasteiger charge is -2.16. The van der Waals surface area contributed by atoms with Crippen molar-refractivity contribution in [1.82, 2.24) is 5.32 Å². The van der Waals surface area contributed by atoms with Crippen molar-refractivity contribution in [2.45, 2.75) is 25.7 Å². The first-order valence-corrected chi connectivity index (χ1v) is 8.08. The SMILES string of the molecule is Cc1csc(C(=O)NCC[C@@H](CCO)c2ccccc2)c1. The van der Waals surface area contributed by atoms with E-state index in [-0.39, 0.29) is 18.4 Å². The highest BCUT2D eigenvalue weighted by Crippen LogP contribution is 2.22. The summed E-state index contributed by atoms with van der Waals surface area (Å²) in [6, 6.07) is 12.1. The summed E-state index contributed by atoms with van der Waals surface area (Å²) in [6.45, 7) is 2.77. The first-order chi connectivity index (χ1) is 10.2. The second-order valence-electron chi connectivity index (χ2n) is 5.15. The van der Waals surface area contributed by atoms with E-state index in [4.69, 9.17) is 0 Å². The van der Waals surface area contributed by atoms with Gasteiger partial charge in [0.05, 0.1) is 4.88 Å². The molecule has 0 aliphatic rings. The van der Waals surface area contributed by atoms with Gasteiger partial charge in [0.1, 0.15) is 0 Å². The van der Waals surface area contributed by atoms with Crippen molar-refractivity contribution in [3.05, 3.63) is 57.8 Å². The molecular formula is C17H21NO2S. The highest BCUT2D eigenvalue weighted by Gasteiger charge is 2.12. The fraction of sp³-hybridized carbons (Fsp3) is 0.353. The average molecular weight is 303 g/mol. The monoisotopic (exact) mass is 303 g/mol. The van der Waals surface area contributed by atoms with Crippen LogP contribution in [0.5, 0.6) is 0 Å².